The summed E-state index contributed by atoms with van der Waals surface area (Å²) < 4.78 is 6.06. The summed E-state index contributed by atoms with van der Waals surface area (Å²) in [6, 6.07) is 9.18. The van der Waals surface area contributed by atoms with Crippen LogP contribution in [0.2, 0.25) is 0 Å². The largest absolute Gasteiger partial charge is 0.451 e. The van der Waals surface area contributed by atoms with E-state index in [1.807, 2.05) is 0 Å². The van der Waals surface area contributed by atoms with Crippen LogP contribution in [0.3, 0.4) is 0 Å². The summed E-state index contributed by atoms with van der Waals surface area (Å²) in [4.78, 5) is 28.2. The van der Waals surface area contributed by atoms with E-state index in [9.17, 15) is 14.8 Å². The molecule has 5 aliphatic rings. The summed E-state index contributed by atoms with van der Waals surface area (Å²) in [5.41, 5.74) is 6.14. The van der Waals surface area contributed by atoms with Crippen molar-refractivity contribution in [3.63, 3.8) is 0 Å². The molecule has 6 rings (SSSR count). The Kier molecular flexibility index (Phi) is 6.71. The smallest absolute Gasteiger partial charge is 0.303 e. The summed E-state index contributed by atoms with van der Waals surface area (Å²) in [6.45, 7) is 7.52. The number of fused-ring (bicyclic) bond motifs is 4. The number of hydrogen-bond donors (Lipinski definition) is 1. The number of anilines is 1. The summed E-state index contributed by atoms with van der Waals surface area (Å²) in [6.07, 6.45) is 11.8. The van der Waals surface area contributed by atoms with Crippen LogP contribution in [0.15, 0.2) is 52.2 Å². The maximum Gasteiger partial charge on any atom is 0.303 e. The van der Waals surface area contributed by atoms with E-state index in [2.05, 4.69) is 47.3 Å². The summed E-state index contributed by atoms with van der Waals surface area (Å²) in [5, 5.41) is 13.0. The van der Waals surface area contributed by atoms with Crippen molar-refractivity contribution in [1.29, 1.82) is 0 Å². The van der Waals surface area contributed by atoms with Crippen LogP contribution in [0, 0.1) is 17.3 Å². The molecule has 1 aromatic carbocycles. The lowest BCUT2D eigenvalue weighted by atomic mass is 9.50. The molecule has 2 saturated carbocycles. The molecule has 0 amide bonds. The average Bonchev–Trinajstić information content (AvgIpc) is 3.24. The lowest BCUT2D eigenvalue weighted by Gasteiger charge is -2.55. The number of piperidine rings is 1. The molecule has 39 heavy (non-hydrogen) atoms. The molecule has 1 saturated heterocycles. The van der Waals surface area contributed by atoms with E-state index in [0.29, 0.717) is 18.3 Å². The number of carbonyl (C=O) groups is 2. The Morgan fingerprint density at radius 2 is 1.77 bits per heavy atom. The lowest BCUT2D eigenvalue weighted by molar-refractivity contribution is -0.182. The first-order chi connectivity index (χ1) is 18.8. The zero-order chi connectivity index (χ0) is 27.4. The van der Waals surface area contributed by atoms with Crippen molar-refractivity contribution in [2.24, 2.45) is 22.4 Å². The number of Topliss-reactive ketones (excluding diaryl/α,β-unsaturated/α-hetero) is 1. The first kappa shape index (κ1) is 26.3. The molecule has 4 aliphatic carbocycles. The Hall–Kier alpha value is -2.89. The molecule has 0 spiro atoms. The molecule has 0 radical (unpaired) electrons. The number of ketones is 1. The lowest BCUT2D eigenvalue weighted by Crippen LogP contribution is -2.57. The number of nitrogens with zero attached hydrogens (tertiary/aromatic N) is 2. The average molecular weight is 531 g/mol. The van der Waals surface area contributed by atoms with Gasteiger partial charge in [0.1, 0.15) is 0 Å². The zero-order valence-corrected chi connectivity index (χ0v) is 23.7. The predicted octanol–water partition coefficient (Wildman–Crippen LogP) is 6.73. The Labute approximate surface area is 232 Å². The molecule has 0 bridgehead atoms. The van der Waals surface area contributed by atoms with Crippen LogP contribution in [-0.4, -0.2) is 41.4 Å². The van der Waals surface area contributed by atoms with Gasteiger partial charge in [-0.25, -0.2) is 0 Å². The van der Waals surface area contributed by atoms with Crippen molar-refractivity contribution >= 4 is 23.2 Å². The molecule has 1 N–H and O–H groups in total. The highest BCUT2D eigenvalue weighted by Gasteiger charge is 2.67. The maximum atomic E-state index is 13.3. The number of esters is 1. The van der Waals surface area contributed by atoms with Crippen LogP contribution in [0.25, 0.3) is 0 Å². The van der Waals surface area contributed by atoms with Crippen LogP contribution in [0.5, 0.6) is 0 Å². The van der Waals surface area contributed by atoms with E-state index in [0.717, 1.165) is 57.3 Å². The van der Waals surface area contributed by atoms with Crippen LogP contribution in [0.1, 0.15) is 96.5 Å². The van der Waals surface area contributed by atoms with Crippen LogP contribution in [0.4, 0.5) is 5.69 Å². The minimum absolute atomic E-state index is 0.0177. The molecule has 3 fully saturated rings. The minimum atomic E-state index is -1.06. The van der Waals surface area contributed by atoms with Crippen molar-refractivity contribution in [2.45, 2.75) is 96.5 Å². The monoisotopic (exact) mass is 530 g/mol. The van der Waals surface area contributed by atoms with Gasteiger partial charge in [-0.3, -0.25) is 9.59 Å². The molecule has 1 aliphatic heterocycles. The Balaban J connectivity index is 1.46. The third kappa shape index (κ3) is 4.17. The van der Waals surface area contributed by atoms with Crippen LogP contribution >= 0.6 is 0 Å². The first-order valence-electron chi connectivity index (χ1n) is 15.0. The van der Waals surface area contributed by atoms with Gasteiger partial charge in [0.2, 0.25) is 0 Å². The van der Waals surface area contributed by atoms with E-state index in [-0.39, 0.29) is 17.7 Å². The first-order valence-corrected chi connectivity index (χ1v) is 15.0. The molecule has 6 heteroatoms. The predicted molar refractivity (Wildman–Crippen MR) is 152 cm³/mol. The number of ether oxygens (including phenoxy) is 1. The van der Waals surface area contributed by atoms with Gasteiger partial charge in [-0.05, 0) is 118 Å². The van der Waals surface area contributed by atoms with E-state index in [1.165, 1.54) is 54.2 Å². The van der Waals surface area contributed by atoms with Gasteiger partial charge >= 0.3 is 5.97 Å². The maximum absolute atomic E-state index is 13.3. The van der Waals surface area contributed by atoms with Gasteiger partial charge in [0, 0.05) is 37.0 Å². The molecule has 6 nitrogen and oxygen atoms in total. The van der Waals surface area contributed by atoms with E-state index in [4.69, 9.17) is 4.74 Å². The molecular formula is C33H42N2O4. The summed E-state index contributed by atoms with van der Waals surface area (Å²) >= 11 is 0. The van der Waals surface area contributed by atoms with Crippen molar-refractivity contribution in [2.75, 3.05) is 18.0 Å². The number of benzene rings is 1. The highest BCUT2D eigenvalue weighted by atomic mass is 16.6. The second kappa shape index (κ2) is 9.94. The van der Waals surface area contributed by atoms with Crippen LogP contribution < -0.4 is 4.90 Å². The number of rotatable bonds is 4. The minimum Gasteiger partial charge on any atom is -0.451 e. The Morgan fingerprint density at radius 1 is 1.03 bits per heavy atom. The van der Waals surface area contributed by atoms with Gasteiger partial charge in [-0.2, -0.15) is 0 Å². The summed E-state index contributed by atoms with van der Waals surface area (Å²) in [5.74, 6) is 0.422. The molecule has 1 heterocycles. The fraction of sp³-hybridized carbons (Fsp3) is 0.606. The molecule has 1 aromatic rings. The van der Waals surface area contributed by atoms with Crippen molar-refractivity contribution in [1.82, 2.24) is 0 Å². The third-order valence-electron chi connectivity index (χ3n) is 10.9. The van der Waals surface area contributed by atoms with Crippen molar-refractivity contribution in [3.05, 3.63) is 52.6 Å². The number of allylic oxidation sites excluding steroid dienone is 4. The van der Waals surface area contributed by atoms with Gasteiger partial charge in [0.15, 0.2) is 11.4 Å². The molecule has 208 valence electrons. The van der Waals surface area contributed by atoms with E-state index < -0.39 is 11.0 Å². The quantitative estimate of drug-likeness (QED) is 0.265. The van der Waals surface area contributed by atoms with Gasteiger partial charge < -0.3 is 14.8 Å². The number of oxime groups is 1. The molecular weight excluding hydrogens is 488 g/mol. The zero-order valence-electron chi connectivity index (χ0n) is 23.7. The van der Waals surface area contributed by atoms with Gasteiger partial charge in [-0.15, -0.1) is 0 Å². The van der Waals surface area contributed by atoms with Gasteiger partial charge in [-0.1, -0.05) is 29.8 Å². The fourth-order valence-corrected chi connectivity index (χ4v) is 9.17. The molecule has 0 aromatic heterocycles. The highest BCUT2D eigenvalue weighted by Crippen LogP contribution is 2.67. The topological polar surface area (TPSA) is 79.2 Å². The van der Waals surface area contributed by atoms with Crippen molar-refractivity contribution in [3.8, 4) is 0 Å². The SMILES string of the molecule is CC(=O)O[C@]1(C(C)=O)CCC2C3CCC4=C/C(=N/O)CCC4=C3[C@@H](c3ccc(N4CCCCC4)cc3)C[C@@]21C. The van der Waals surface area contributed by atoms with E-state index >= 15 is 0 Å². The normalized spacial score (nSPS) is 35.2. The fourth-order valence-electron chi connectivity index (χ4n) is 9.17. The Morgan fingerprint density at radius 3 is 2.44 bits per heavy atom. The van der Waals surface area contributed by atoms with Crippen molar-refractivity contribution < 1.29 is 19.5 Å². The standard InChI is InChI=1S/C33H42N2O4/c1-21(36)33(39-22(2)37)16-15-30-28-13-9-24-19-25(34-38)10-14-27(24)31(28)29(20-32(30,33)3)23-7-11-26(12-8-23)35-17-5-4-6-18-35/h7-8,11-12,19,28-30,38H,4-6,9-10,13-18,20H2,1-3H3/b34-25+/t28?,29-,30?,32+,33+/m1/s1. The number of carbonyl (C=O) groups excluding carboxylic acids is 2. The number of hydrogen-bond acceptors (Lipinski definition) is 6. The van der Waals surface area contributed by atoms with Gasteiger partial charge in [0.05, 0.1) is 5.71 Å². The van der Waals surface area contributed by atoms with E-state index in [1.54, 1.807) is 6.92 Å². The van der Waals surface area contributed by atoms with Crippen LogP contribution in [-0.2, 0) is 14.3 Å². The third-order valence-corrected chi connectivity index (χ3v) is 10.9. The molecule has 2 unspecified atom stereocenters. The second-order valence-electron chi connectivity index (χ2n) is 12.8. The van der Waals surface area contributed by atoms with Gasteiger partial charge in [0.25, 0.3) is 0 Å². The second-order valence-corrected chi connectivity index (χ2v) is 12.8. The highest BCUT2D eigenvalue weighted by molar-refractivity contribution is 5.97. The molecule has 5 atom stereocenters. The summed E-state index contributed by atoms with van der Waals surface area (Å²) in [7, 11) is 0. The Bertz CT molecular complexity index is 1250.